The quantitative estimate of drug-likeness (QED) is 0.195. The fourth-order valence-electron chi connectivity index (χ4n) is 7.24. The number of likely N-dealkylation sites (N-methyl/N-ethyl adjacent to an activating group) is 2. The van der Waals surface area contributed by atoms with Crippen molar-refractivity contribution in [1.29, 1.82) is 0 Å². The lowest BCUT2D eigenvalue weighted by molar-refractivity contribution is -0.894. The Labute approximate surface area is 269 Å². The van der Waals surface area contributed by atoms with E-state index in [1.807, 2.05) is 60.7 Å². The van der Waals surface area contributed by atoms with Gasteiger partial charge in [-0.25, -0.2) is 0 Å². The zero-order valence-corrected chi connectivity index (χ0v) is 27.0. The first-order valence-corrected chi connectivity index (χ1v) is 15.7. The van der Waals surface area contributed by atoms with Crippen LogP contribution >= 0.6 is 0 Å². The predicted molar refractivity (Wildman–Crippen MR) is 175 cm³/mol. The second-order valence-electron chi connectivity index (χ2n) is 12.7. The molecule has 4 aliphatic heterocycles. The summed E-state index contributed by atoms with van der Waals surface area (Å²) in [4.78, 5) is 2.28. The van der Waals surface area contributed by atoms with Crippen LogP contribution in [0.15, 0.2) is 60.7 Å². The molecule has 0 aliphatic carbocycles. The van der Waals surface area contributed by atoms with E-state index in [1.54, 1.807) is 28.4 Å². The van der Waals surface area contributed by atoms with E-state index >= 15 is 0 Å². The highest BCUT2D eigenvalue weighted by molar-refractivity contribution is 5.63. The van der Waals surface area contributed by atoms with Crippen molar-refractivity contribution >= 4 is 0 Å². The smallest absolute Gasteiger partial charge is 0.201 e. The SMILES string of the molecule is COc1ccc2cc1Oc1ccc(cc1)C[C@H]1c3cc(c(OC)cc3CC[N+]1(C)[O-])Oc1c(O)c(OC)cc3c1[C@H](C2)N(C)CC3. The first kappa shape index (κ1) is 30.2. The van der Waals surface area contributed by atoms with Crippen molar-refractivity contribution in [3.8, 4) is 46.0 Å². The summed E-state index contributed by atoms with van der Waals surface area (Å²) in [7, 11) is 8.62. The molecule has 0 saturated carbocycles. The molecule has 9 heteroatoms. The van der Waals surface area contributed by atoms with Crippen molar-refractivity contribution in [2.45, 2.75) is 37.8 Å². The molecule has 4 aromatic rings. The van der Waals surface area contributed by atoms with Crippen molar-refractivity contribution in [3.63, 3.8) is 0 Å². The molecule has 4 heterocycles. The number of methoxy groups -OCH3 is 3. The number of nitrogens with zero attached hydrogens (tertiary/aromatic N) is 2. The van der Waals surface area contributed by atoms with Crippen molar-refractivity contribution in [2.24, 2.45) is 0 Å². The number of quaternary nitrogens is 1. The predicted octanol–water partition coefficient (Wildman–Crippen LogP) is 6.87. The number of ether oxygens (including phenoxy) is 5. The zero-order valence-electron chi connectivity index (χ0n) is 27.0. The summed E-state index contributed by atoms with van der Waals surface area (Å²) >= 11 is 0. The molecule has 3 atom stereocenters. The van der Waals surface area contributed by atoms with E-state index in [4.69, 9.17) is 23.7 Å². The molecule has 0 saturated heterocycles. The highest BCUT2D eigenvalue weighted by Gasteiger charge is 2.37. The van der Waals surface area contributed by atoms with Crippen LogP contribution in [0.5, 0.6) is 46.0 Å². The van der Waals surface area contributed by atoms with E-state index in [1.165, 1.54) is 0 Å². The Balaban J connectivity index is 1.47. The lowest BCUT2D eigenvalue weighted by atomic mass is 9.87. The number of aromatic hydroxyl groups is 1. The number of benzene rings is 4. The maximum absolute atomic E-state index is 14.0. The van der Waals surface area contributed by atoms with Gasteiger partial charge >= 0.3 is 0 Å². The van der Waals surface area contributed by atoms with Gasteiger partial charge in [-0.05, 0) is 84.6 Å². The molecule has 1 unspecified atom stereocenters. The molecule has 1 N–H and O–H groups in total. The average Bonchev–Trinajstić information content (AvgIpc) is 3.05. The molecule has 9 nitrogen and oxygen atoms in total. The van der Waals surface area contributed by atoms with Gasteiger partial charge in [0.1, 0.15) is 11.8 Å². The normalized spacial score (nSPS) is 22.0. The molecular formula is C37H40N2O7. The summed E-state index contributed by atoms with van der Waals surface area (Å²) < 4.78 is 29.9. The van der Waals surface area contributed by atoms with Crippen LogP contribution in [0.1, 0.15) is 45.5 Å². The summed E-state index contributed by atoms with van der Waals surface area (Å²) in [6, 6.07) is 19.2. The Kier molecular flexibility index (Phi) is 7.71. The van der Waals surface area contributed by atoms with E-state index in [-0.39, 0.29) is 17.8 Å². The Hall–Kier alpha value is -4.44. The maximum Gasteiger partial charge on any atom is 0.201 e. The van der Waals surface area contributed by atoms with Gasteiger partial charge < -0.3 is 38.6 Å². The summed E-state index contributed by atoms with van der Waals surface area (Å²) in [6.07, 6.45) is 2.55. The molecule has 46 heavy (non-hydrogen) atoms. The zero-order chi connectivity index (χ0) is 32.2. The molecule has 0 fully saturated rings. The van der Waals surface area contributed by atoms with Crippen LogP contribution in [0, 0.1) is 5.21 Å². The third-order valence-corrected chi connectivity index (χ3v) is 9.88. The van der Waals surface area contributed by atoms with Gasteiger partial charge in [0, 0.05) is 36.6 Å². The van der Waals surface area contributed by atoms with Crippen molar-refractivity contribution in [3.05, 3.63) is 99.3 Å². The molecule has 240 valence electrons. The van der Waals surface area contributed by atoms with Gasteiger partial charge in [0.15, 0.2) is 34.5 Å². The largest absolute Gasteiger partial charge is 0.633 e. The Morgan fingerprint density at radius 3 is 2.24 bits per heavy atom. The number of hydrogen-bond acceptors (Lipinski definition) is 8. The van der Waals surface area contributed by atoms with E-state index in [0.717, 1.165) is 46.3 Å². The summed E-state index contributed by atoms with van der Waals surface area (Å²) in [6.45, 7) is 1.28. The molecular weight excluding hydrogens is 584 g/mol. The van der Waals surface area contributed by atoms with Gasteiger partial charge in [-0.2, -0.15) is 0 Å². The van der Waals surface area contributed by atoms with Crippen LogP contribution in [0.2, 0.25) is 0 Å². The number of phenols is 1. The minimum atomic E-state index is -0.409. The Morgan fingerprint density at radius 1 is 0.804 bits per heavy atom. The van der Waals surface area contributed by atoms with Crippen LogP contribution in [0.4, 0.5) is 0 Å². The van der Waals surface area contributed by atoms with Crippen molar-refractivity contribution in [1.82, 2.24) is 4.90 Å². The molecule has 4 aliphatic rings. The van der Waals surface area contributed by atoms with Gasteiger partial charge in [-0.1, -0.05) is 18.2 Å². The molecule has 0 aromatic heterocycles. The third kappa shape index (κ3) is 5.28. The molecule has 8 rings (SSSR count). The topological polar surface area (TPSA) is 92.7 Å². The molecule has 0 spiro atoms. The lowest BCUT2D eigenvalue weighted by Gasteiger charge is -2.49. The minimum Gasteiger partial charge on any atom is -0.633 e. The number of hydroxylamine groups is 3. The van der Waals surface area contributed by atoms with E-state index < -0.39 is 4.65 Å². The van der Waals surface area contributed by atoms with Crippen LogP contribution in [-0.4, -0.2) is 63.2 Å². The average molecular weight is 625 g/mol. The highest BCUT2D eigenvalue weighted by atomic mass is 16.5. The third-order valence-electron chi connectivity index (χ3n) is 9.88. The monoisotopic (exact) mass is 624 g/mol. The lowest BCUT2D eigenvalue weighted by Crippen LogP contribution is -2.47. The second-order valence-corrected chi connectivity index (χ2v) is 12.7. The fourth-order valence-corrected chi connectivity index (χ4v) is 7.24. The summed E-state index contributed by atoms with van der Waals surface area (Å²) in [5, 5.41) is 25.6. The highest BCUT2D eigenvalue weighted by Crippen LogP contribution is 2.51. The number of fused-ring (bicyclic) bond motifs is 2. The molecule has 0 radical (unpaired) electrons. The van der Waals surface area contributed by atoms with Crippen molar-refractivity contribution < 1.29 is 33.4 Å². The standard InChI is InChI=1S/C37H40N2O7/c1-38-14-12-25-20-34(44-5)36(40)37-35(25)28(38)16-23-8-11-30(42-3)32(18-23)45-26-9-6-22(7-10-26)17-29-27-21-33(46-37)31(43-4)19-24(27)13-15-39(29,2)41/h6-11,18-21,28-29,40H,12-17H2,1-5H3/t28-,29-,39?/m0/s1. The van der Waals surface area contributed by atoms with Gasteiger partial charge in [0.05, 0.1) is 34.9 Å². The van der Waals surface area contributed by atoms with Gasteiger partial charge in [-0.3, -0.25) is 4.90 Å². The van der Waals surface area contributed by atoms with Crippen LogP contribution < -0.4 is 23.7 Å². The number of rotatable bonds is 3. The van der Waals surface area contributed by atoms with Crippen LogP contribution in [0.25, 0.3) is 0 Å². The maximum atomic E-state index is 14.0. The molecule has 4 aromatic carbocycles. The fraction of sp³-hybridized carbons (Fsp3) is 0.351. The van der Waals surface area contributed by atoms with Crippen LogP contribution in [-0.2, 0) is 25.7 Å². The molecule has 6 bridgehead atoms. The van der Waals surface area contributed by atoms with Gasteiger partial charge in [0.25, 0.3) is 0 Å². The van der Waals surface area contributed by atoms with Crippen LogP contribution in [0.3, 0.4) is 0 Å². The second kappa shape index (κ2) is 11.7. The van der Waals surface area contributed by atoms with E-state index in [0.29, 0.717) is 66.1 Å². The minimum absolute atomic E-state index is 0.0741. The number of phenolic OH excluding ortho intramolecular Hbond substituents is 1. The first-order chi connectivity index (χ1) is 22.2. The summed E-state index contributed by atoms with van der Waals surface area (Å²) in [5.74, 6) is 3.53. The Bertz CT molecular complexity index is 1790. The van der Waals surface area contributed by atoms with E-state index in [2.05, 4.69) is 11.9 Å². The van der Waals surface area contributed by atoms with Gasteiger partial charge in [0.2, 0.25) is 5.75 Å². The molecule has 0 amide bonds. The van der Waals surface area contributed by atoms with Gasteiger partial charge in [-0.15, -0.1) is 0 Å². The summed E-state index contributed by atoms with van der Waals surface area (Å²) in [5.41, 5.74) is 5.99. The van der Waals surface area contributed by atoms with E-state index in [9.17, 15) is 10.3 Å². The Morgan fingerprint density at radius 2 is 1.50 bits per heavy atom. The first-order valence-electron chi connectivity index (χ1n) is 15.7. The van der Waals surface area contributed by atoms with Crippen molar-refractivity contribution in [2.75, 3.05) is 48.5 Å². The number of hydrogen-bond donors (Lipinski definition) is 1.